The lowest BCUT2D eigenvalue weighted by atomic mass is 10.1. The molecule has 2 aromatic rings. The van der Waals surface area contributed by atoms with Gasteiger partial charge < -0.3 is 11.1 Å². The van der Waals surface area contributed by atoms with E-state index in [4.69, 9.17) is 5.73 Å². The molecule has 0 amide bonds. The number of nitrogens with one attached hydrogen (secondary N) is 2. The summed E-state index contributed by atoms with van der Waals surface area (Å²) in [5, 5.41) is 3.53. The van der Waals surface area contributed by atoms with Crippen molar-refractivity contribution >= 4 is 29.2 Å². The van der Waals surface area contributed by atoms with E-state index in [-0.39, 0.29) is 5.82 Å². The van der Waals surface area contributed by atoms with Crippen molar-refractivity contribution in [2.75, 3.05) is 5.32 Å². The predicted molar refractivity (Wildman–Crippen MR) is 111 cm³/mol. The topological polar surface area (TPSA) is 62.4 Å². The summed E-state index contributed by atoms with van der Waals surface area (Å²) >= 11 is 1.66. The summed E-state index contributed by atoms with van der Waals surface area (Å²) in [4.78, 5) is 5.62. The number of nitrogens with two attached hydrogens (primary N) is 1. The number of halogens is 1. The van der Waals surface area contributed by atoms with Crippen LogP contribution in [0.5, 0.6) is 0 Å². The smallest absolute Gasteiger partial charge is 0.133 e. The lowest BCUT2D eigenvalue weighted by Crippen LogP contribution is -2.19. The van der Waals surface area contributed by atoms with Crippen LogP contribution in [0.1, 0.15) is 44.1 Å². The average Bonchev–Trinajstić information content (AvgIpc) is 3.33. The fourth-order valence-corrected chi connectivity index (χ4v) is 4.13. The highest BCUT2D eigenvalue weighted by molar-refractivity contribution is 7.97. The first kappa shape index (κ1) is 18.3. The van der Waals surface area contributed by atoms with E-state index in [1.807, 2.05) is 0 Å². The molecule has 4 rings (SSSR count). The molecule has 0 unspecified atom stereocenters. The summed E-state index contributed by atoms with van der Waals surface area (Å²) in [6.45, 7) is 0. The Balaban J connectivity index is 1.56. The van der Waals surface area contributed by atoms with Gasteiger partial charge in [0.15, 0.2) is 0 Å². The SMILES string of the molecule is NC(=Nc1ccc(F)cc1)c1cc(SNC2CCCC2)ccc1NC1CC1. The number of aliphatic imine (C=N–C) groups is 1. The minimum absolute atomic E-state index is 0.278. The lowest BCUT2D eigenvalue weighted by molar-refractivity contribution is 0.628. The number of hydrogen-bond donors (Lipinski definition) is 3. The molecule has 142 valence electrons. The van der Waals surface area contributed by atoms with Gasteiger partial charge in [-0.1, -0.05) is 12.8 Å². The Morgan fingerprint density at radius 3 is 2.44 bits per heavy atom. The molecule has 0 aliphatic heterocycles. The van der Waals surface area contributed by atoms with Gasteiger partial charge in [0.2, 0.25) is 0 Å². The number of anilines is 1. The van der Waals surface area contributed by atoms with Crippen molar-refractivity contribution < 1.29 is 4.39 Å². The maximum atomic E-state index is 13.1. The largest absolute Gasteiger partial charge is 0.383 e. The second-order valence-corrected chi connectivity index (χ2v) is 8.21. The molecule has 4 N–H and O–H groups in total. The van der Waals surface area contributed by atoms with Crippen LogP contribution in [-0.2, 0) is 0 Å². The molecule has 2 saturated carbocycles. The van der Waals surface area contributed by atoms with Gasteiger partial charge in [-0.2, -0.15) is 0 Å². The molecule has 0 aromatic heterocycles. The minimum atomic E-state index is -0.278. The zero-order valence-electron chi connectivity index (χ0n) is 15.2. The highest BCUT2D eigenvalue weighted by Crippen LogP contribution is 2.30. The van der Waals surface area contributed by atoms with Gasteiger partial charge in [-0.05, 0) is 80.1 Å². The highest BCUT2D eigenvalue weighted by Gasteiger charge is 2.23. The molecule has 2 aliphatic carbocycles. The van der Waals surface area contributed by atoms with Crippen molar-refractivity contribution in [1.29, 1.82) is 0 Å². The Bertz CT molecular complexity index is 811. The normalized spacial score (nSPS) is 18.0. The van der Waals surface area contributed by atoms with Crippen LogP contribution in [0.2, 0.25) is 0 Å². The maximum absolute atomic E-state index is 13.1. The molecular formula is C21H25FN4S. The van der Waals surface area contributed by atoms with E-state index >= 15 is 0 Å². The molecule has 2 aromatic carbocycles. The van der Waals surface area contributed by atoms with E-state index in [0.717, 1.165) is 16.1 Å². The van der Waals surface area contributed by atoms with Gasteiger partial charge >= 0.3 is 0 Å². The van der Waals surface area contributed by atoms with Crippen LogP contribution in [0.4, 0.5) is 15.8 Å². The number of benzene rings is 2. The second kappa shape index (κ2) is 8.31. The summed E-state index contributed by atoms with van der Waals surface area (Å²) < 4.78 is 16.7. The van der Waals surface area contributed by atoms with Crippen LogP contribution >= 0.6 is 11.9 Å². The summed E-state index contributed by atoms with van der Waals surface area (Å²) in [5.74, 6) is 0.160. The number of nitrogens with zero attached hydrogens (tertiary/aromatic N) is 1. The Morgan fingerprint density at radius 2 is 1.74 bits per heavy atom. The third-order valence-corrected chi connectivity index (χ3v) is 5.92. The molecule has 4 nitrogen and oxygen atoms in total. The van der Waals surface area contributed by atoms with E-state index in [1.165, 1.54) is 50.7 Å². The Kier molecular flexibility index (Phi) is 5.64. The summed E-state index contributed by atoms with van der Waals surface area (Å²) in [5.41, 5.74) is 8.88. The maximum Gasteiger partial charge on any atom is 0.133 e. The van der Waals surface area contributed by atoms with Crippen molar-refractivity contribution in [3.05, 3.63) is 53.8 Å². The van der Waals surface area contributed by atoms with E-state index in [2.05, 4.69) is 33.2 Å². The molecule has 0 heterocycles. The van der Waals surface area contributed by atoms with Gasteiger partial charge in [0.1, 0.15) is 11.7 Å². The van der Waals surface area contributed by atoms with Crippen molar-refractivity contribution in [2.45, 2.75) is 55.5 Å². The van der Waals surface area contributed by atoms with Crippen LogP contribution < -0.4 is 15.8 Å². The van der Waals surface area contributed by atoms with Gasteiger partial charge in [0.05, 0.1) is 5.69 Å². The zero-order chi connectivity index (χ0) is 18.6. The predicted octanol–water partition coefficient (Wildman–Crippen LogP) is 4.98. The lowest BCUT2D eigenvalue weighted by Gasteiger charge is -2.15. The Morgan fingerprint density at radius 1 is 1.00 bits per heavy atom. The Hall–Kier alpha value is -2.05. The minimum Gasteiger partial charge on any atom is -0.383 e. The molecule has 0 radical (unpaired) electrons. The molecule has 2 aliphatic rings. The van der Waals surface area contributed by atoms with Crippen molar-refractivity contribution in [3.8, 4) is 0 Å². The third kappa shape index (κ3) is 5.02. The molecular weight excluding hydrogens is 359 g/mol. The number of hydrogen-bond acceptors (Lipinski definition) is 4. The molecule has 0 saturated heterocycles. The van der Waals surface area contributed by atoms with Crippen LogP contribution in [0, 0.1) is 5.82 Å². The van der Waals surface area contributed by atoms with E-state index < -0.39 is 0 Å². The molecule has 0 spiro atoms. The third-order valence-electron chi connectivity index (χ3n) is 4.98. The summed E-state index contributed by atoms with van der Waals surface area (Å²) in [6.07, 6.45) is 7.49. The highest BCUT2D eigenvalue weighted by atomic mass is 32.2. The monoisotopic (exact) mass is 384 g/mol. The van der Waals surface area contributed by atoms with Gasteiger partial charge in [-0.15, -0.1) is 0 Å². The van der Waals surface area contributed by atoms with E-state index in [0.29, 0.717) is 23.6 Å². The molecule has 0 atom stereocenters. The van der Waals surface area contributed by atoms with Gasteiger partial charge in [-0.3, -0.25) is 4.72 Å². The molecule has 2 fully saturated rings. The van der Waals surface area contributed by atoms with Gasteiger partial charge in [0, 0.05) is 28.2 Å². The van der Waals surface area contributed by atoms with Gasteiger partial charge in [-0.25, -0.2) is 9.38 Å². The number of rotatable bonds is 7. The summed E-state index contributed by atoms with van der Waals surface area (Å²) in [6, 6.07) is 13.5. The second-order valence-electron chi connectivity index (χ2n) is 7.30. The van der Waals surface area contributed by atoms with Crippen LogP contribution in [-0.4, -0.2) is 17.9 Å². The fourth-order valence-electron chi connectivity index (χ4n) is 3.28. The number of amidine groups is 1. The van der Waals surface area contributed by atoms with E-state index in [1.54, 1.807) is 24.1 Å². The average molecular weight is 385 g/mol. The molecule has 0 bridgehead atoms. The van der Waals surface area contributed by atoms with Crippen LogP contribution in [0.25, 0.3) is 0 Å². The fraction of sp³-hybridized carbons (Fsp3) is 0.381. The van der Waals surface area contributed by atoms with E-state index in [9.17, 15) is 4.39 Å². The first-order chi connectivity index (χ1) is 13.2. The van der Waals surface area contributed by atoms with Crippen LogP contribution in [0.15, 0.2) is 52.4 Å². The first-order valence-electron chi connectivity index (χ1n) is 9.60. The van der Waals surface area contributed by atoms with Gasteiger partial charge in [0.25, 0.3) is 0 Å². The Labute approximate surface area is 164 Å². The van der Waals surface area contributed by atoms with Crippen molar-refractivity contribution in [2.24, 2.45) is 10.7 Å². The molecule has 27 heavy (non-hydrogen) atoms. The molecule has 6 heteroatoms. The van der Waals surface area contributed by atoms with Crippen LogP contribution in [0.3, 0.4) is 0 Å². The standard InChI is InChI=1S/C21H25FN4S/c22-14-5-7-16(8-6-14)25-21(23)19-13-18(27-26-17-3-1-2-4-17)11-12-20(19)24-15-9-10-15/h5-8,11-13,15,17,24,26H,1-4,9-10H2,(H2,23,25). The van der Waals surface area contributed by atoms with Crippen molar-refractivity contribution in [3.63, 3.8) is 0 Å². The summed E-state index contributed by atoms with van der Waals surface area (Å²) in [7, 11) is 0. The van der Waals surface area contributed by atoms with Crippen molar-refractivity contribution in [1.82, 2.24) is 4.72 Å². The quantitative estimate of drug-likeness (QED) is 0.358. The zero-order valence-corrected chi connectivity index (χ0v) is 16.1. The first-order valence-corrected chi connectivity index (χ1v) is 10.4.